The smallest absolute Gasteiger partial charge is 0.251 e. The molecule has 1 rings (SSSR count). The van der Waals surface area contributed by atoms with E-state index in [9.17, 15) is 4.79 Å². The number of anilines is 1. The van der Waals surface area contributed by atoms with Gasteiger partial charge in [0.2, 0.25) is 0 Å². The molecule has 1 aromatic heterocycles. The number of aromatic nitrogens is 1. The number of amides is 1. The number of nitrogens with zero attached hydrogens (tertiary/aromatic N) is 1. The van der Waals surface area contributed by atoms with E-state index < -0.39 is 0 Å². The molecule has 1 aromatic rings. The van der Waals surface area contributed by atoms with Gasteiger partial charge in [-0.15, -0.1) is 0 Å². The Labute approximate surface area is 116 Å². The molecule has 4 nitrogen and oxygen atoms in total. The van der Waals surface area contributed by atoms with Crippen LogP contribution in [0.15, 0.2) is 18.3 Å². The van der Waals surface area contributed by atoms with E-state index in [4.69, 9.17) is 0 Å². The fourth-order valence-electron chi connectivity index (χ4n) is 1.74. The number of rotatable bonds is 9. The Morgan fingerprint density at radius 1 is 1.16 bits per heavy atom. The average Bonchev–Trinajstić information content (AvgIpc) is 2.44. The Morgan fingerprint density at radius 2 is 1.95 bits per heavy atom. The van der Waals surface area contributed by atoms with Gasteiger partial charge in [-0.2, -0.15) is 0 Å². The molecule has 106 valence electrons. The van der Waals surface area contributed by atoms with E-state index >= 15 is 0 Å². The standard InChI is InChI=1S/C15H25N3O/c1-3-5-7-10-16-14-12-13(8-11-17-14)15(19)18-9-6-4-2/h8,11-12H,3-7,9-10H2,1-2H3,(H,16,17)(H,18,19). The molecule has 0 aliphatic rings. The molecule has 0 saturated heterocycles. The van der Waals surface area contributed by atoms with Crippen molar-refractivity contribution in [3.8, 4) is 0 Å². The number of pyridine rings is 1. The number of hydrogen-bond donors (Lipinski definition) is 2. The fraction of sp³-hybridized carbons (Fsp3) is 0.600. The molecule has 0 atom stereocenters. The van der Waals surface area contributed by atoms with Gasteiger partial charge in [-0.25, -0.2) is 4.98 Å². The van der Waals surface area contributed by atoms with Crippen molar-refractivity contribution < 1.29 is 4.79 Å². The summed E-state index contributed by atoms with van der Waals surface area (Å²) in [5.41, 5.74) is 0.670. The minimum absolute atomic E-state index is 0.0209. The molecule has 0 bridgehead atoms. The molecule has 0 saturated carbocycles. The SMILES string of the molecule is CCCCCNc1cc(C(=O)NCCCC)ccn1. The van der Waals surface area contributed by atoms with Crippen LogP contribution < -0.4 is 10.6 Å². The maximum Gasteiger partial charge on any atom is 0.251 e. The average molecular weight is 263 g/mol. The molecule has 1 heterocycles. The molecule has 0 fully saturated rings. The van der Waals surface area contributed by atoms with Gasteiger partial charge in [0.25, 0.3) is 5.91 Å². The fourth-order valence-corrected chi connectivity index (χ4v) is 1.74. The van der Waals surface area contributed by atoms with Gasteiger partial charge in [0.05, 0.1) is 0 Å². The zero-order chi connectivity index (χ0) is 13.9. The van der Waals surface area contributed by atoms with Gasteiger partial charge in [0, 0.05) is 24.8 Å². The van der Waals surface area contributed by atoms with Gasteiger partial charge in [-0.1, -0.05) is 33.1 Å². The van der Waals surface area contributed by atoms with Crippen molar-refractivity contribution in [2.45, 2.75) is 46.0 Å². The van der Waals surface area contributed by atoms with E-state index in [0.29, 0.717) is 5.56 Å². The molecule has 0 aromatic carbocycles. The first-order chi connectivity index (χ1) is 9.27. The summed E-state index contributed by atoms with van der Waals surface area (Å²) in [7, 11) is 0. The molecular weight excluding hydrogens is 238 g/mol. The molecule has 0 radical (unpaired) electrons. The Hall–Kier alpha value is -1.58. The lowest BCUT2D eigenvalue weighted by molar-refractivity contribution is 0.0953. The highest BCUT2D eigenvalue weighted by atomic mass is 16.1. The molecule has 4 heteroatoms. The number of carbonyl (C=O) groups is 1. The third-order valence-corrected chi connectivity index (χ3v) is 2.92. The molecule has 1 amide bonds. The highest BCUT2D eigenvalue weighted by Crippen LogP contribution is 2.07. The van der Waals surface area contributed by atoms with Crippen LogP contribution in [-0.4, -0.2) is 24.0 Å². The zero-order valence-electron chi connectivity index (χ0n) is 12.0. The normalized spacial score (nSPS) is 10.2. The lowest BCUT2D eigenvalue weighted by atomic mass is 10.2. The van der Waals surface area contributed by atoms with E-state index in [0.717, 1.165) is 38.2 Å². The summed E-state index contributed by atoms with van der Waals surface area (Å²) in [5, 5.41) is 6.16. The summed E-state index contributed by atoms with van der Waals surface area (Å²) in [6.07, 6.45) is 7.32. The van der Waals surface area contributed by atoms with Crippen LogP contribution in [0.2, 0.25) is 0 Å². The minimum Gasteiger partial charge on any atom is -0.370 e. The summed E-state index contributed by atoms with van der Waals surface area (Å²) in [5.74, 6) is 0.756. The molecule has 19 heavy (non-hydrogen) atoms. The number of nitrogens with one attached hydrogen (secondary N) is 2. The zero-order valence-corrected chi connectivity index (χ0v) is 12.0. The van der Waals surface area contributed by atoms with Crippen LogP contribution in [0.25, 0.3) is 0 Å². The number of hydrogen-bond acceptors (Lipinski definition) is 3. The van der Waals surface area contributed by atoms with Crippen LogP contribution in [0.5, 0.6) is 0 Å². The third-order valence-electron chi connectivity index (χ3n) is 2.92. The van der Waals surface area contributed by atoms with Crippen LogP contribution in [0.4, 0.5) is 5.82 Å². The van der Waals surface area contributed by atoms with E-state index in [1.807, 2.05) is 6.07 Å². The molecule has 0 unspecified atom stereocenters. The van der Waals surface area contributed by atoms with Crippen molar-refractivity contribution in [2.75, 3.05) is 18.4 Å². The monoisotopic (exact) mass is 263 g/mol. The van der Waals surface area contributed by atoms with Crippen molar-refractivity contribution >= 4 is 11.7 Å². The quantitative estimate of drug-likeness (QED) is 0.673. The number of carbonyl (C=O) groups excluding carboxylic acids is 1. The second kappa shape index (κ2) is 9.36. The Morgan fingerprint density at radius 3 is 2.68 bits per heavy atom. The largest absolute Gasteiger partial charge is 0.370 e. The van der Waals surface area contributed by atoms with E-state index in [1.54, 1.807) is 12.3 Å². The van der Waals surface area contributed by atoms with Crippen LogP contribution in [0.1, 0.15) is 56.3 Å². The molecular formula is C15H25N3O. The van der Waals surface area contributed by atoms with E-state index in [-0.39, 0.29) is 5.91 Å². The van der Waals surface area contributed by atoms with Crippen molar-refractivity contribution in [3.63, 3.8) is 0 Å². The predicted octanol–water partition coefficient (Wildman–Crippen LogP) is 3.21. The summed E-state index contributed by atoms with van der Waals surface area (Å²) in [6.45, 7) is 5.93. The molecule has 0 aliphatic heterocycles. The first kappa shape index (κ1) is 15.5. The second-order valence-electron chi connectivity index (χ2n) is 4.67. The first-order valence-electron chi connectivity index (χ1n) is 7.26. The minimum atomic E-state index is -0.0209. The van der Waals surface area contributed by atoms with Crippen molar-refractivity contribution in [3.05, 3.63) is 23.9 Å². The second-order valence-corrected chi connectivity index (χ2v) is 4.67. The topological polar surface area (TPSA) is 54.0 Å². The van der Waals surface area contributed by atoms with Gasteiger partial charge >= 0.3 is 0 Å². The lowest BCUT2D eigenvalue weighted by Crippen LogP contribution is -2.24. The maximum absolute atomic E-state index is 11.9. The van der Waals surface area contributed by atoms with Gasteiger partial charge in [0.1, 0.15) is 5.82 Å². The van der Waals surface area contributed by atoms with E-state index in [1.165, 1.54) is 12.8 Å². The van der Waals surface area contributed by atoms with Crippen LogP contribution >= 0.6 is 0 Å². The molecule has 0 aliphatic carbocycles. The van der Waals surface area contributed by atoms with Crippen molar-refractivity contribution in [1.82, 2.24) is 10.3 Å². The van der Waals surface area contributed by atoms with Gasteiger partial charge in [-0.3, -0.25) is 4.79 Å². The Bertz CT molecular complexity index is 379. The Kier molecular flexibility index (Phi) is 7.63. The van der Waals surface area contributed by atoms with Crippen LogP contribution in [0.3, 0.4) is 0 Å². The summed E-state index contributed by atoms with van der Waals surface area (Å²) < 4.78 is 0. The van der Waals surface area contributed by atoms with Crippen molar-refractivity contribution in [2.24, 2.45) is 0 Å². The van der Waals surface area contributed by atoms with Crippen LogP contribution in [0, 0.1) is 0 Å². The molecule has 2 N–H and O–H groups in total. The van der Waals surface area contributed by atoms with Gasteiger partial charge in [-0.05, 0) is 25.0 Å². The highest BCUT2D eigenvalue weighted by molar-refractivity contribution is 5.94. The third kappa shape index (κ3) is 6.22. The predicted molar refractivity (Wildman–Crippen MR) is 79.5 cm³/mol. The summed E-state index contributed by atoms with van der Waals surface area (Å²) in [6, 6.07) is 3.56. The van der Waals surface area contributed by atoms with Gasteiger partial charge in [0.15, 0.2) is 0 Å². The summed E-state index contributed by atoms with van der Waals surface area (Å²) >= 11 is 0. The molecule has 0 spiro atoms. The first-order valence-corrected chi connectivity index (χ1v) is 7.26. The Balaban J connectivity index is 2.44. The van der Waals surface area contributed by atoms with Crippen molar-refractivity contribution in [1.29, 1.82) is 0 Å². The summed E-state index contributed by atoms with van der Waals surface area (Å²) in [4.78, 5) is 16.1. The maximum atomic E-state index is 11.9. The van der Waals surface area contributed by atoms with Gasteiger partial charge < -0.3 is 10.6 Å². The highest BCUT2D eigenvalue weighted by Gasteiger charge is 2.05. The lowest BCUT2D eigenvalue weighted by Gasteiger charge is -2.07. The number of unbranched alkanes of at least 4 members (excludes halogenated alkanes) is 3. The van der Waals surface area contributed by atoms with E-state index in [2.05, 4.69) is 29.5 Å². The van der Waals surface area contributed by atoms with Crippen LogP contribution in [-0.2, 0) is 0 Å².